The number of hydrogen-bond acceptors (Lipinski definition) is 4. The molecule has 1 aromatic rings. The lowest BCUT2D eigenvalue weighted by Gasteiger charge is -2.08. The van der Waals surface area contributed by atoms with E-state index in [1.165, 1.54) is 0 Å². The minimum atomic E-state index is -0.149. The van der Waals surface area contributed by atoms with Crippen molar-refractivity contribution in [2.24, 2.45) is 0 Å². The van der Waals surface area contributed by atoms with Crippen LogP contribution in [0.15, 0.2) is 24.3 Å². The molecule has 0 saturated heterocycles. The van der Waals surface area contributed by atoms with E-state index in [9.17, 15) is 4.79 Å². The third-order valence-electron chi connectivity index (χ3n) is 1.94. The van der Waals surface area contributed by atoms with Gasteiger partial charge in [-0.15, -0.1) is 0 Å². The normalized spacial score (nSPS) is 9.81. The van der Waals surface area contributed by atoms with Gasteiger partial charge in [0.05, 0.1) is 25.3 Å². The molecule has 0 aliphatic heterocycles. The van der Waals surface area contributed by atoms with Crippen LogP contribution in [0.4, 0.5) is 5.69 Å². The Labute approximate surface area is 94.2 Å². The van der Waals surface area contributed by atoms with Gasteiger partial charge in [-0.2, -0.15) is 0 Å². The summed E-state index contributed by atoms with van der Waals surface area (Å²) in [5, 5.41) is 11.0. The molecule has 4 N–H and O–H groups in total. The number of nitrogens with one attached hydrogen (secondary N) is 1. The van der Waals surface area contributed by atoms with Gasteiger partial charge in [-0.25, -0.2) is 0 Å². The van der Waals surface area contributed by atoms with Crippen LogP contribution in [0.2, 0.25) is 0 Å². The van der Waals surface area contributed by atoms with Gasteiger partial charge in [0.15, 0.2) is 0 Å². The van der Waals surface area contributed by atoms with Crippen LogP contribution in [0.3, 0.4) is 0 Å². The fourth-order valence-corrected chi connectivity index (χ4v) is 1.15. The molecule has 0 unspecified atom stereocenters. The molecule has 1 aromatic carbocycles. The summed E-state index contributed by atoms with van der Waals surface area (Å²) in [6.07, 6.45) is 0.244. The fraction of sp³-hybridized carbons (Fsp3) is 0.364. The highest BCUT2D eigenvalue weighted by Gasteiger charge is 2.02. The molecule has 0 spiro atoms. The molecule has 0 atom stereocenters. The minimum Gasteiger partial charge on any atom is -0.491 e. The zero-order chi connectivity index (χ0) is 11.8. The highest BCUT2D eigenvalue weighted by atomic mass is 16.5. The number of rotatable bonds is 6. The Balaban J connectivity index is 2.25. The van der Waals surface area contributed by atoms with Gasteiger partial charge in [-0.1, -0.05) is 12.1 Å². The minimum absolute atomic E-state index is 0.0573. The second kappa shape index (κ2) is 6.68. The van der Waals surface area contributed by atoms with Gasteiger partial charge >= 0.3 is 0 Å². The number of aliphatic hydroxyl groups excluding tert-OH is 1. The van der Waals surface area contributed by atoms with Crippen molar-refractivity contribution in [2.45, 2.75) is 6.42 Å². The summed E-state index contributed by atoms with van der Waals surface area (Å²) in [6, 6.07) is 7.12. The van der Waals surface area contributed by atoms with E-state index in [1.807, 2.05) is 12.1 Å². The van der Waals surface area contributed by atoms with Crippen molar-refractivity contribution in [3.05, 3.63) is 24.3 Å². The molecule has 88 valence electrons. The lowest BCUT2D eigenvalue weighted by Crippen LogP contribution is -2.27. The zero-order valence-electron chi connectivity index (χ0n) is 8.98. The van der Waals surface area contributed by atoms with E-state index in [0.717, 1.165) is 0 Å². The highest BCUT2D eigenvalue weighted by Crippen LogP contribution is 2.19. The molecule has 0 radical (unpaired) electrons. The maximum Gasteiger partial charge on any atom is 0.223 e. The molecule has 5 heteroatoms. The lowest BCUT2D eigenvalue weighted by atomic mass is 10.3. The van der Waals surface area contributed by atoms with Gasteiger partial charge in [0, 0.05) is 6.54 Å². The fourth-order valence-electron chi connectivity index (χ4n) is 1.15. The number of benzene rings is 1. The van der Waals surface area contributed by atoms with Crippen LogP contribution < -0.4 is 15.8 Å². The first-order valence-corrected chi connectivity index (χ1v) is 5.09. The van der Waals surface area contributed by atoms with Crippen LogP contribution in [0, 0.1) is 0 Å². The average Bonchev–Trinajstić information content (AvgIpc) is 2.29. The van der Waals surface area contributed by atoms with Crippen molar-refractivity contribution in [3.8, 4) is 5.75 Å². The van der Waals surface area contributed by atoms with E-state index >= 15 is 0 Å². The van der Waals surface area contributed by atoms with Crippen LogP contribution in [-0.4, -0.2) is 30.8 Å². The Hall–Kier alpha value is -1.75. The standard InChI is InChI=1S/C11H16N2O3/c12-9-3-1-2-4-10(9)16-8-5-11(15)13-6-7-14/h1-4,14H,5-8,12H2,(H,13,15). The van der Waals surface area contributed by atoms with E-state index in [-0.39, 0.29) is 32.1 Å². The van der Waals surface area contributed by atoms with Crippen LogP contribution in [0.25, 0.3) is 0 Å². The molecule has 0 aliphatic carbocycles. The van der Waals surface area contributed by atoms with Crippen LogP contribution in [0.1, 0.15) is 6.42 Å². The first-order chi connectivity index (χ1) is 7.74. The van der Waals surface area contributed by atoms with Crippen LogP contribution in [0.5, 0.6) is 5.75 Å². The Morgan fingerprint density at radius 3 is 2.88 bits per heavy atom. The van der Waals surface area contributed by atoms with E-state index < -0.39 is 0 Å². The van der Waals surface area contributed by atoms with Gasteiger partial charge < -0.3 is 20.9 Å². The smallest absolute Gasteiger partial charge is 0.223 e. The van der Waals surface area contributed by atoms with E-state index in [2.05, 4.69) is 5.32 Å². The summed E-state index contributed by atoms with van der Waals surface area (Å²) >= 11 is 0. The molecule has 0 fully saturated rings. The third kappa shape index (κ3) is 4.18. The first-order valence-electron chi connectivity index (χ1n) is 5.09. The lowest BCUT2D eigenvalue weighted by molar-refractivity contribution is -0.121. The predicted octanol–water partition coefficient (Wildman–Crippen LogP) is 0.146. The number of anilines is 1. The van der Waals surface area contributed by atoms with Gasteiger partial charge in [0.1, 0.15) is 5.75 Å². The number of hydrogen-bond donors (Lipinski definition) is 3. The number of amides is 1. The Morgan fingerprint density at radius 1 is 1.44 bits per heavy atom. The second-order valence-electron chi connectivity index (χ2n) is 3.21. The molecule has 0 saturated carbocycles. The van der Waals surface area contributed by atoms with E-state index in [4.69, 9.17) is 15.6 Å². The number of aliphatic hydroxyl groups is 1. The highest BCUT2D eigenvalue weighted by molar-refractivity contribution is 5.75. The topological polar surface area (TPSA) is 84.6 Å². The maximum absolute atomic E-state index is 11.1. The van der Waals surface area contributed by atoms with E-state index in [1.54, 1.807) is 12.1 Å². The van der Waals surface area contributed by atoms with Crippen molar-refractivity contribution in [1.82, 2.24) is 5.32 Å². The Morgan fingerprint density at radius 2 is 2.19 bits per heavy atom. The van der Waals surface area contributed by atoms with Gasteiger partial charge in [-0.3, -0.25) is 4.79 Å². The number of carbonyl (C=O) groups excluding carboxylic acids is 1. The monoisotopic (exact) mass is 224 g/mol. The SMILES string of the molecule is Nc1ccccc1OCCC(=O)NCCO. The average molecular weight is 224 g/mol. The number of carbonyl (C=O) groups is 1. The number of nitrogens with two attached hydrogens (primary N) is 1. The molecular weight excluding hydrogens is 208 g/mol. The molecule has 16 heavy (non-hydrogen) atoms. The molecule has 1 rings (SSSR count). The molecule has 0 aliphatic rings. The van der Waals surface area contributed by atoms with E-state index in [0.29, 0.717) is 11.4 Å². The summed E-state index contributed by atoms with van der Waals surface area (Å²) in [4.78, 5) is 11.1. The van der Waals surface area contributed by atoms with Crippen molar-refractivity contribution in [1.29, 1.82) is 0 Å². The van der Waals surface area contributed by atoms with Gasteiger partial charge in [-0.05, 0) is 12.1 Å². The maximum atomic E-state index is 11.1. The molecule has 0 bridgehead atoms. The Bertz CT molecular complexity index is 342. The Kier molecular flexibility index (Phi) is 5.15. The summed E-state index contributed by atoms with van der Waals surface area (Å²) in [7, 11) is 0. The summed E-state index contributed by atoms with van der Waals surface area (Å²) < 4.78 is 5.34. The predicted molar refractivity (Wildman–Crippen MR) is 61.1 cm³/mol. The largest absolute Gasteiger partial charge is 0.491 e. The third-order valence-corrected chi connectivity index (χ3v) is 1.94. The number of nitrogen functional groups attached to an aromatic ring is 1. The number of para-hydroxylation sites is 2. The first kappa shape index (κ1) is 12.3. The quantitative estimate of drug-likeness (QED) is 0.600. The zero-order valence-corrected chi connectivity index (χ0v) is 8.98. The van der Waals surface area contributed by atoms with Crippen LogP contribution >= 0.6 is 0 Å². The van der Waals surface area contributed by atoms with Crippen LogP contribution in [-0.2, 0) is 4.79 Å². The summed E-state index contributed by atoms with van der Waals surface area (Å²) in [5.74, 6) is 0.431. The molecule has 5 nitrogen and oxygen atoms in total. The molecular formula is C11H16N2O3. The van der Waals surface area contributed by atoms with Crippen molar-refractivity contribution < 1.29 is 14.6 Å². The second-order valence-corrected chi connectivity index (χ2v) is 3.21. The van der Waals surface area contributed by atoms with Crippen molar-refractivity contribution in [2.75, 3.05) is 25.5 Å². The van der Waals surface area contributed by atoms with Crippen molar-refractivity contribution in [3.63, 3.8) is 0 Å². The van der Waals surface area contributed by atoms with Gasteiger partial charge in [0.2, 0.25) is 5.91 Å². The van der Waals surface area contributed by atoms with Crippen molar-refractivity contribution >= 4 is 11.6 Å². The molecule has 0 aromatic heterocycles. The van der Waals surface area contributed by atoms with Gasteiger partial charge in [0.25, 0.3) is 0 Å². The molecule has 1 amide bonds. The summed E-state index contributed by atoms with van der Waals surface area (Å²) in [5.41, 5.74) is 6.21. The molecule has 0 heterocycles. The number of ether oxygens (including phenoxy) is 1. The summed E-state index contributed by atoms with van der Waals surface area (Å²) in [6.45, 7) is 0.482.